The number of unbranched alkanes of at least 4 members (excludes halogenated alkanes) is 1. The predicted octanol–water partition coefficient (Wildman–Crippen LogP) is 1.09. The molecule has 1 aromatic heterocycles. The first-order valence-corrected chi connectivity index (χ1v) is 9.55. The van der Waals surface area contributed by atoms with Crippen LogP contribution >= 0.6 is 12.4 Å². The SMILES string of the molecule is Cl.Cn1cc(S(=O)(=O)N2CCCCC2)cc1C(=O)NCCCCN. The van der Waals surface area contributed by atoms with Gasteiger partial charge in [0.1, 0.15) is 10.6 Å². The molecular weight excluding hydrogens is 352 g/mol. The van der Waals surface area contributed by atoms with Gasteiger partial charge in [-0.1, -0.05) is 6.42 Å². The third-order valence-corrected chi connectivity index (χ3v) is 5.95. The Morgan fingerprint density at radius 1 is 1.25 bits per heavy atom. The molecule has 0 radical (unpaired) electrons. The molecule has 0 spiro atoms. The molecule has 24 heavy (non-hydrogen) atoms. The molecule has 1 aliphatic heterocycles. The zero-order chi connectivity index (χ0) is 16.9. The van der Waals surface area contributed by atoms with Crippen LogP contribution in [-0.4, -0.2) is 49.4 Å². The number of nitrogens with one attached hydrogen (secondary N) is 1. The van der Waals surface area contributed by atoms with Crippen molar-refractivity contribution in [1.82, 2.24) is 14.2 Å². The van der Waals surface area contributed by atoms with Gasteiger partial charge < -0.3 is 15.6 Å². The molecule has 0 bridgehead atoms. The van der Waals surface area contributed by atoms with Crippen LogP contribution in [0, 0.1) is 0 Å². The number of nitrogens with two attached hydrogens (primary N) is 1. The maximum atomic E-state index is 12.6. The summed E-state index contributed by atoms with van der Waals surface area (Å²) in [4.78, 5) is 12.4. The number of aryl methyl sites for hydroxylation is 1. The summed E-state index contributed by atoms with van der Waals surface area (Å²) in [6.45, 7) is 2.24. The highest BCUT2D eigenvalue weighted by atomic mass is 35.5. The van der Waals surface area contributed by atoms with E-state index >= 15 is 0 Å². The van der Waals surface area contributed by atoms with Crippen LogP contribution in [0.2, 0.25) is 0 Å². The largest absolute Gasteiger partial charge is 0.351 e. The standard InChI is InChI=1S/C15H26N4O3S.ClH/c1-18-12-13(23(21,22)19-9-5-2-6-10-19)11-14(18)15(20)17-8-4-3-7-16;/h11-12H,2-10,16H2,1H3,(H,17,20);1H. The van der Waals surface area contributed by atoms with Crippen LogP contribution in [0.5, 0.6) is 0 Å². The second-order valence-electron chi connectivity index (χ2n) is 5.89. The Kier molecular flexibility index (Phi) is 8.21. The van der Waals surface area contributed by atoms with Gasteiger partial charge in [0.25, 0.3) is 5.91 Å². The summed E-state index contributed by atoms with van der Waals surface area (Å²) >= 11 is 0. The van der Waals surface area contributed by atoms with Gasteiger partial charge in [-0.3, -0.25) is 4.79 Å². The number of nitrogens with zero attached hydrogens (tertiary/aromatic N) is 2. The molecule has 1 amide bonds. The molecule has 7 nitrogen and oxygen atoms in total. The first-order valence-electron chi connectivity index (χ1n) is 8.11. The summed E-state index contributed by atoms with van der Waals surface area (Å²) in [5.74, 6) is -0.260. The molecule has 1 aromatic rings. The summed E-state index contributed by atoms with van der Waals surface area (Å²) in [5, 5.41) is 2.80. The summed E-state index contributed by atoms with van der Waals surface area (Å²) in [6.07, 6.45) is 6.02. The van der Waals surface area contributed by atoms with Gasteiger partial charge in [0.15, 0.2) is 0 Å². The van der Waals surface area contributed by atoms with Gasteiger partial charge in [-0.2, -0.15) is 4.31 Å². The van der Waals surface area contributed by atoms with Gasteiger partial charge in [0.2, 0.25) is 10.0 Å². The number of amides is 1. The first kappa shape index (κ1) is 21.0. The maximum Gasteiger partial charge on any atom is 0.267 e. The number of aromatic nitrogens is 1. The lowest BCUT2D eigenvalue weighted by atomic mass is 10.2. The highest BCUT2D eigenvalue weighted by Gasteiger charge is 2.28. The van der Waals surface area contributed by atoms with E-state index < -0.39 is 10.0 Å². The molecule has 9 heteroatoms. The van der Waals surface area contributed by atoms with E-state index in [0.29, 0.717) is 31.9 Å². The number of carbonyl (C=O) groups excluding carboxylic acids is 1. The van der Waals surface area contributed by atoms with Crippen molar-refractivity contribution in [1.29, 1.82) is 0 Å². The third-order valence-electron chi connectivity index (χ3n) is 4.08. The number of carbonyl (C=O) groups is 1. The highest BCUT2D eigenvalue weighted by molar-refractivity contribution is 7.89. The van der Waals surface area contributed by atoms with E-state index in [-0.39, 0.29) is 23.2 Å². The van der Waals surface area contributed by atoms with Crippen LogP contribution in [0.1, 0.15) is 42.6 Å². The molecule has 1 fully saturated rings. The van der Waals surface area contributed by atoms with E-state index in [0.717, 1.165) is 32.1 Å². The number of sulfonamides is 1. The lowest BCUT2D eigenvalue weighted by Crippen LogP contribution is -2.35. The summed E-state index contributed by atoms with van der Waals surface area (Å²) < 4.78 is 28.4. The normalized spacial score (nSPS) is 15.8. The van der Waals surface area contributed by atoms with Gasteiger partial charge in [0, 0.05) is 32.9 Å². The lowest BCUT2D eigenvalue weighted by molar-refractivity contribution is 0.0945. The van der Waals surface area contributed by atoms with Crippen molar-refractivity contribution in [3.63, 3.8) is 0 Å². The van der Waals surface area contributed by atoms with Gasteiger partial charge >= 0.3 is 0 Å². The fourth-order valence-corrected chi connectivity index (χ4v) is 4.31. The van der Waals surface area contributed by atoms with E-state index in [9.17, 15) is 13.2 Å². The number of rotatable bonds is 7. The van der Waals surface area contributed by atoms with Crippen LogP contribution in [-0.2, 0) is 17.1 Å². The van der Waals surface area contributed by atoms with Crippen molar-refractivity contribution in [3.05, 3.63) is 18.0 Å². The minimum atomic E-state index is -3.51. The van der Waals surface area contributed by atoms with Crippen LogP contribution in [0.4, 0.5) is 0 Å². The topological polar surface area (TPSA) is 97.4 Å². The zero-order valence-corrected chi connectivity index (χ0v) is 15.7. The molecule has 0 aromatic carbocycles. The van der Waals surface area contributed by atoms with Crippen LogP contribution in [0.25, 0.3) is 0 Å². The van der Waals surface area contributed by atoms with Crippen molar-refractivity contribution in [2.75, 3.05) is 26.2 Å². The Morgan fingerprint density at radius 2 is 1.92 bits per heavy atom. The number of hydrogen-bond donors (Lipinski definition) is 2. The minimum absolute atomic E-state index is 0. The molecule has 3 N–H and O–H groups in total. The van der Waals surface area contributed by atoms with E-state index in [4.69, 9.17) is 5.73 Å². The van der Waals surface area contributed by atoms with Crippen molar-refractivity contribution < 1.29 is 13.2 Å². The fraction of sp³-hybridized carbons (Fsp3) is 0.667. The van der Waals surface area contributed by atoms with E-state index in [1.807, 2.05) is 0 Å². The molecule has 0 saturated carbocycles. The Bertz CT molecular complexity index is 639. The smallest absolute Gasteiger partial charge is 0.267 e. The molecule has 2 heterocycles. The quantitative estimate of drug-likeness (QED) is 0.694. The minimum Gasteiger partial charge on any atom is -0.351 e. The molecule has 0 unspecified atom stereocenters. The molecule has 0 atom stereocenters. The Morgan fingerprint density at radius 3 is 2.54 bits per heavy atom. The van der Waals surface area contributed by atoms with Crippen molar-refractivity contribution in [3.8, 4) is 0 Å². The Hall–Kier alpha value is -1.09. The number of hydrogen-bond acceptors (Lipinski definition) is 4. The first-order chi connectivity index (χ1) is 11.0. The highest BCUT2D eigenvalue weighted by Crippen LogP contribution is 2.22. The molecule has 1 saturated heterocycles. The fourth-order valence-electron chi connectivity index (χ4n) is 2.72. The monoisotopic (exact) mass is 378 g/mol. The van der Waals surface area contributed by atoms with Crippen LogP contribution in [0.3, 0.4) is 0 Å². The van der Waals surface area contributed by atoms with Crippen LogP contribution < -0.4 is 11.1 Å². The molecule has 1 aliphatic rings. The van der Waals surface area contributed by atoms with Gasteiger partial charge in [-0.25, -0.2) is 8.42 Å². The van der Waals surface area contributed by atoms with Crippen molar-refractivity contribution >= 4 is 28.3 Å². The summed E-state index contributed by atoms with van der Waals surface area (Å²) in [7, 11) is -1.83. The molecule has 138 valence electrons. The Balaban J connectivity index is 0.00000288. The lowest BCUT2D eigenvalue weighted by Gasteiger charge is -2.25. The summed E-state index contributed by atoms with van der Waals surface area (Å²) in [5.41, 5.74) is 5.77. The van der Waals surface area contributed by atoms with E-state index in [1.165, 1.54) is 16.6 Å². The van der Waals surface area contributed by atoms with Crippen molar-refractivity contribution in [2.24, 2.45) is 12.8 Å². The Labute approximate surface area is 150 Å². The average Bonchev–Trinajstić information content (AvgIpc) is 2.95. The van der Waals surface area contributed by atoms with E-state index in [1.54, 1.807) is 11.6 Å². The third kappa shape index (κ3) is 4.95. The van der Waals surface area contributed by atoms with Gasteiger partial charge in [-0.15, -0.1) is 12.4 Å². The maximum absolute atomic E-state index is 12.6. The second-order valence-corrected chi connectivity index (χ2v) is 7.83. The van der Waals surface area contributed by atoms with Gasteiger partial charge in [-0.05, 0) is 38.3 Å². The van der Waals surface area contributed by atoms with Crippen LogP contribution in [0.15, 0.2) is 17.2 Å². The van der Waals surface area contributed by atoms with E-state index in [2.05, 4.69) is 5.32 Å². The predicted molar refractivity (Wildman–Crippen MR) is 95.9 cm³/mol. The second kappa shape index (κ2) is 9.41. The molecule has 0 aliphatic carbocycles. The molecular formula is C15H27ClN4O3S. The average molecular weight is 379 g/mol. The number of piperidine rings is 1. The van der Waals surface area contributed by atoms with Gasteiger partial charge in [0.05, 0.1) is 0 Å². The number of halogens is 1. The summed E-state index contributed by atoms with van der Waals surface area (Å²) in [6, 6.07) is 1.46. The van der Waals surface area contributed by atoms with Crippen molar-refractivity contribution in [2.45, 2.75) is 37.0 Å². The zero-order valence-electron chi connectivity index (χ0n) is 14.0. The molecule has 2 rings (SSSR count).